The number of ether oxygens (including phenoxy) is 1. The number of fused-ring (bicyclic) bond motifs is 1. The Morgan fingerprint density at radius 1 is 0.929 bits per heavy atom. The summed E-state index contributed by atoms with van der Waals surface area (Å²) in [7, 11) is 1.58. The number of nitrogens with zero attached hydrogens (tertiary/aromatic N) is 1. The molecule has 3 aromatic carbocycles. The third kappa shape index (κ3) is 5.17. The Morgan fingerprint density at radius 2 is 1.64 bits per heavy atom. The Hall–Kier alpha value is -3.67. The van der Waals surface area contributed by atoms with Crippen molar-refractivity contribution in [2.45, 2.75) is 12.8 Å². The molecule has 2 N–H and O–H groups in total. The first-order chi connectivity index (χ1) is 13.7. The molecule has 3 rings (SSSR count). The molecule has 6 heteroatoms. The van der Waals surface area contributed by atoms with E-state index in [0.29, 0.717) is 11.4 Å². The number of carbonyl (C=O) groups excluding carboxylic acids is 2. The number of amides is 2. The molecule has 0 aliphatic heterocycles. The van der Waals surface area contributed by atoms with E-state index in [9.17, 15) is 9.59 Å². The van der Waals surface area contributed by atoms with Gasteiger partial charge >= 0.3 is 0 Å². The van der Waals surface area contributed by atoms with E-state index in [1.807, 2.05) is 42.5 Å². The van der Waals surface area contributed by atoms with Gasteiger partial charge in [0.15, 0.2) is 0 Å². The number of hydrogen-bond donors (Lipinski definition) is 2. The Labute approximate surface area is 163 Å². The maximum atomic E-state index is 12.0. The van der Waals surface area contributed by atoms with E-state index in [4.69, 9.17) is 4.74 Å². The van der Waals surface area contributed by atoms with Gasteiger partial charge in [-0.05, 0) is 35.0 Å². The first-order valence-electron chi connectivity index (χ1n) is 8.89. The number of hydrazone groups is 1. The van der Waals surface area contributed by atoms with Crippen LogP contribution in [0.5, 0.6) is 5.75 Å². The molecule has 0 aliphatic rings. The minimum absolute atomic E-state index is 0.0505. The van der Waals surface area contributed by atoms with Crippen molar-refractivity contribution in [1.29, 1.82) is 0 Å². The molecule has 2 amide bonds. The molecule has 3 aromatic rings. The van der Waals surface area contributed by atoms with E-state index in [1.165, 1.54) is 0 Å². The van der Waals surface area contributed by atoms with Crippen LogP contribution >= 0.6 is 0 Å². The summed E-state index contributed by atoms with van der Waals surface area (Å²) in [6, 6.07) is 20.8. The fraction of sp³-hybridized carbons (Fsp3) is 0.136. The number of rotatable bonds is 7. The van der Waals surface area contributed by atoms with Crippen LogP contribution in [0.1, 0.15) is 18.4 Å². The summed E-state index contributed by atoms with van der Waals surface area (Å²) in [6.07, 6.45) is 1.73. The zero-order valence-electron chi connectivity index (χ0n) is 15.5. The van der Waals surface area contributed by atoms with Gasteiger partial charge in [0, 0.05) is 24.1 Å². The second kappa shape index (κ2) is 9.32. The van der Waals surface area contributed by atoms with E-state index < -0.39 is 0 Å². The molecular weight excluding hydrogens is 354 g/mol. The summed E-state index contributed by atoms with van der Waals surface area (Å²) >= 11 is 0. The smallest absolute Gasteiger partial charge is 0.240 e. The minimum atomic E-state index is -0.318. The van der Waals surface area contributed by atoms with E-state index in [1.54, 1.807) is 37.6 Å². The predicted octanol–water partition coefficient (Wildman–Crippen LogP) is 3.72. The fourth-order valence-electron chi connectivity index (χ4n) is 2.72. The molecule has 0 atom stereocenters. The van der Waals surface area contributed by atoms with Gasteiger partial charge in [-0.1, -0.05) is 42.5 Å². The summed E-state index contributed by atoms with van der Waals surface area (Å²) in [5.74, 6) is 0.154. The van der Waals surface area contributed by atoms with Crippen molar-refractivity contribution in [3.63, 3.8) is 0 Å². The number of benzene rings is 3. The average Bonchev–Trinajstić information content (AvgIpc) is 2.73. The molecule has 0 saturated carbocycles. The highest BCUT2D eigenvalue weighted by molar-refractivity contribution is 6.00. The van der Waals surface area contributed by atoms with Crippen LogP contribution in [0.2, 0.25) is 0 Å². The number of carbonyl (C=O) groups is 2. The second-order valence-corrected chi connectivity index (χ2v) is 6.14. The van der Waals surface area contributed by atoms with E-state index in [2.05, 4.69) is 15.8 Å². The van der Waals surface area contributed by atoms with Crippen molar-refractivity contribution < 1.29 is 14.3 Å². The molecule has 28 heavy (non-hydrogen) atoms. The van der Waals surface area contributed by atoms with Crippen LogP contribution in [-0.2, 0) is 9.59 Å². The molecule has 0 bridgehead atoms. The summed E-state index contributed by atoms with van der Waals surface area (Å²) in [5.41, 5.74) is 4.03. The summed E-state index contributed by atoms with van der Waals surface area (Å²) in [5, 5.41) is 8.90. The standard InChI is InChI=1S/C22H21N3O3/c1-28-19-11-9-18(10-12-19)24-21(26)13-14-22(27)25-23-15-17-7-4-6-16-5-2-3-8-20(16)17/h2-12,15H,13-14H2,1H3,(H,24,26)(H,25,27)/b23-15+. The van der Waals surface area contributed by atoms with Gasteiger partial charge in [0.05, 0.1) is 13.3 Å². The lowest BCUT2D eigenvalue weighted by Gasteiger charge is -2.06. The zero-order chi connectivity index (χ0) is 19.8. The quantitative estimate of drug-likeness (QED) is 0.488. The molecule has 0 radical (unpaired) electrons. The maximum Gasteiger partial charge on any atom is 0.240 e. The van der Waals surface area contributed by atoms with Crippen molar-refractivity contribution in [3.8, 4) is 5.75 Å². The Kier molecular flexibility index (Phi) is 6.36. The van der Waals surface area contributed by atoms with Gasteiger partial charge in [-0.15, -0.1) is 0 Å². The van der Waals surface area contributed by atoms with Crippen LogP contribution < -0.4 is 15.5 Å². The van der Waals surface area contributed by atoms with E-state index >= 15 is 0 Å². The van der Waals surface area contributed by atoms with Crippen LogP contribution in [-0.4, -0.2) is 25.1 Å². The van der Waals surface area contributed by atoms with Crippen molar-refractivity contribution >= 4 is 34.5 Å². The predicted molar refractivity (Wildman–Crippen MR) is 111 cm³/mol. The Bertz CT molecular complexity index is 992. The van der Waals surface area contributed by atoms with Crippen molar-refractivity contribution in [2.24, 2.45) is 5.10 Å². The fourth-order valence-corrected chi connectivity index (χ4v) is 2.72. The highest BCUT2D eigenvalue weighted by Gasteiger charge is 2.07. The first-order valence-corrected chi connectivity index (χ1v) is 8.89. The largest absolute Gasteiger partial charge is 0.497 e. The molecule has 0 saturated heterocycles. The van der Waals surface area contributed by atoms with Crippen molar-refractivity contribution in [1.82, 2.24) is 5.43 Å². The number of nitrogens with one attached hydrogen (secondary N) is 2. The molecular formula is C22H21N3O3. The third-order valence-electron chi connectivity index (χ3n) is 4.17. The molecule has 0 aliphatic carbocycles. The molecule has 142 valence electrons. The van der Waals surface area contributed by atoms with Crippen molar-refractivity contribution in [2.75, 3.05) is 12.4 Å². The third-order valence-corrected chi connectivity index (χ3v) is 4.17. The first kappa shape index (κ1) is 19.1. The highest BCUT2D eigenvalue weighted by Crippen LogP contribution is 2.17. The monoisotopic (exact) mass is 375 g/mol. The van der Waals surface area contributed by atoms with E-state index in [-0.39, 0.29) is 24.7 Å². The van der Waals surface area contributed by atoms with Gasteiger partial charge in [-0.25, -0.2) is 5.43 Å². The zero-order valence-corrected chi connectivity index (χ0v) is 15.5. The van der Waals surface area contributed by atoms with Crippen LogP contribution in [0.3, 0.4) is 0 Å². The lowest BCUT2D eigenvalue weighted by atomic mass is 10.1. The number of anilines is 1. The van der Waals surface area contributed by atoms with Gasteiger partial charge in [-0.3, -0.25) is 9.59 Å². The van der Waals surface area contributed by atoms with Gasteiger partial charge in [0.25, 0.3) is 0 Å². The molecule has 0 unspecified atom stereocenters. The summed E-state index contributed by atoms with van der Waals surface area (Å²) in [6.45, 7) is 0. The number of hydrogen-bond acceptors (Lipinski definition) is 4. The second-order valence-electron chi connectivity index (χ2n) is 6.14. The lowest BCUT2D eigenvalue weighted by molar-refractivity contribution is -0.124. The van der Waals surface area contributed by atoms with Crippen LogP contribution in [0.4, 0.5) is 5.69 Å². The summed E-state index contributed by atoms with van der Waals surface area (Å²) < 4.78 is 5.07. The van der Waals surface area contributed by atoms with Gasteiger partial charge in [-0.2, -0.15) is 5.10 Å². The van der Waals surface area contributed by atoms with Crippen LogP contribution in [0, 0.1) is 0 Å². The topological polar surface area (TPSA) is 79.8 Å². The molecule has 6 nitrogen and oxygen atoms in total. The van der Waals surface area contributed by atoms with Crippen molar-refractivity contribution in [3.05, 3.63) is 72.3 Å². The highest BCUT2D eigenvalue weighted by atomic mass is 16.5. The van der Waals surface area contributed by atoms with Gasteiger partial charge in [0.1, 0.15) is 5.75 Å². The number of methoxy groups -OCH3 is 1. The maximum absolute atomic E-state index is 12.0. The average molecular weight is 375 g/mol. The SMILES string of the molecule is COc1ccc(NC(=O)CCC(=O)N/N=C/c2cccc3ccccc23)cc1. The summed E-state index contributed by atoms with van der Waals surface area (Å²) in [4.78, 5) is 23.9. The molecule has 0 aromatic heterocycles. The van der Waals surface area contributed by atoms with Gasteiger partial charge in [0.2, 0.25) is 11.8 Å². The molecule has 0 fully saturated rings. The van der Waals surface area contributed by atoms with Crippen LogP contribution in [0.15, 0.2) is 71.8 Å². The van der Waals surface area contributed by atoms with E-state index in [0.717, 1.165) is 16.3 Å². The van der Waals surface area contributed by atoms with Gasteiger partial charge < -0.3 is 10.1 Å². The Balaban J connectivity index is 1.47. The molecule has 0 spiro atoms. The Morgan fingerprint density at radius 3 is 2.43 bits per heavy atom. The minimum Gasteiger partial charge on any atom is -0.497 e. The normalized spacial score (nSPS) is 10.8. The molecule has 0 heterocycles. The lowest BCUT2D eigenvalue weighted by Crippen LogP contribution is -2.20. The van der Waals surface area contributed by atoms with Crippen LogP contribution in [0.25, 0.3) is 10.8 Å².